The van der Waals surface area contributed by atoms with Crippen molar-refractivity contribution in [3.05, 3.63) is 35.9 Å². The molecule has 1 unspecified atom stereocenters. The molecule has 2 heterocycles. The van der Waals surface area contributed by atoms with Crippen molar-refractivity contribution in [1.82, 2.24) is 4.98 Å². The molecular formula is C14H17N3. The van der Waals surface area contributed by atoms with Gasteiger partial charge in [-0.3, -0.25) is 0 Å². The molecule has 1 aromatic carbocycles. The molecule has 17 heavy (non-hydrogen) atoms. The van der Waals surface area contributed by atoms with Crippen LogP contribution in [0, 0.1) is 6.92 Å². The highest BCUT2D eigenvalue weighted by atomic mass is 15.2. The molecular weight excluding hydrogens is 210 g/mol. The lowest BCUT2D eigenvalue weighted by atomic mass is 10.1. The lowest BCUT2D eigenvalue weighted by Gasteiger charge is -2.17. The Morgan fingerprint density at radius 2 is 2.12 bits per heavy atom. The molecule has 1 aliphatic heterocycles. The Kier molecular flexibility index (Phi) is 2.48. The van der Waals surface area contributed by atoms with Crippen LogP contribution in [0.1, 0.15) is 12.0 Å². The van der Waals surface area contributed by atoms with Crippen molar-refractivity contribution >= 4 is 16.7 Å². The molecule has 1 aromatic heterocycles. The zero-order valence-electron chi connectivity index (χ0n) is 10.1. The Balaban J connectivity index is 2.01. The fraction of sp³-hybridized carbons (Fsp3) is 0.357. The molecule has 0 aliphatic carbocycles. The molecule has 0 amide bonds. The highest BCUT2D eigenvalue weighted by Crippen LogP contribution is 2.21. The van der Waals surface area contributed by atoms with E-state index in [9.17, 15) is 0 Å². The van der Waals surface area contributed by atoms with E-state index in [0.29, 0.717) is 6.04 Å². The monoisotopic (exact) mass is 227 g/mol. The summed E-state index contributed by atoms with van der Waals surface area (Å²) >= 11 is 0. The average molecular weight is 227 g/mol. The van der Waals surface area contributed by atoms with Gasteiger partial charge in [-0.1, -0.05) is 12.1 Å². The predicted molar refractivity (Wildman–Crippen MR) is 71.3 cm³/mol. The fourth-order valence-corrected chi connectivity index (χ4v) is 2.39. The van der Waals surface area contributed by atoms with Crippen LogP contribution < -0.4 is 10.6 Å². The van der Waals surface area contributed by atoms with Gasteiger partial charge in [0.2, 0.25) is 0 Å². The Bertz CT molecular complexity index is 550. The van der Waals surface area contributed by atoms with Gasteiger partial charge in [-0.05, 0) is 37.1 Å². The summed E-state index contributed by atoms with van der Waals surface area (Å²) in [5.74, 6) is 1.05. The molecule has 3 rings (SSSR count). The molecule has 0 saturated carbocycles. The van der Waals surface area contributed by atoms with Crippen LogP contribution >= 0.6 is 0 Å². The van der Waals surface area contributed by atoms with Crippen molar-refractivity contribution in [2.75, 3.05) is 18.0 Å². The number of aryl methyl sites for hydroxylation is 1. The summed E-state index contributed by atoms with van der Waals surface area (Å²) in [5, 5.41) is 1.20. The average Bonchev–Trinajstić information content (AvgIpc) is 2.75. The fourth-order valence-electron chi connectivity index (χ4n) is 2.39. The molecule has 3 heteroatoms. The summed E-state index contributed by atoms with van der Waals surface area (Å²) in [6.45, 7) is 4.04. The third kappa shape index (κ3) is 1.98. The molecule has 1 fully saturated rings. The van der Waals surface area contributed by atoms with Gasteiger partial charge in [0.25, 0.3) is 0 Å². The Morgan fingerprint density at radius 1 is 1.29 bits per heavy atom. The number of benzene rings is 1. The van der Waals surface area contributed by atoms with Crippen LogP contribution in [-0.4, -0.2) is 24.1 Å². The summed E-state index contributed by atoms with van der Waals surface area (Å²) in [4.78, 5) is 6.99. The number of hydrogen-bond acceptors (Lipinski definition) is 3. The smallest absolute Gasteiger partial charge is 0.129 e. The topological polar surface area (TPSA) is 42.1 Å². The van der Waals surface area contributed by atoms with Crippen LogP contribution in [0.4, 0.5) is 5.82 Å². The van der Waals surface area contributed by atoms with Crippen molar-refractivity contribution < 1.29 is 0 Å². The third-order valence-electron chi connectivity index (χ3n) is 3.38. The molecule has 1 atom stereocenters. The van der Waals surface area contributed by atoms with E-state index in [1.54, 1.807) is 0 Å². The first-order chi connectivity index (χ1) is 8.22. The van der Waals surface area contributed by atoms with Crippen molar-refractivity contribution in [3.63, 3.8) is 0 Å². The number of fused-ring (bicyclic) bond motifs is 1. The van der Waals surface area contributed by atoms with Gasteiger partial charge in [-0.2, -0.15) is 0 Å². The number of rotatable bonds is 1. The number of aromatic nitrogens is 1. The van der Waals surface area contributed by atoms with Gasteiger partial charge in [-0.25, -0.2) is 4.98 Å². The molecule has 88 valence electrons. The maximum atomic E-state index is 5.93. The lowest BCUT2D eigenvalue weighted by molar-refractivity contribution is 0.751. The van der Waals surface area contributed by atoms with Crippen molar-refractivity contribution in [2.45, 2.75) is 19.4 Å². The summed E-state index contributed by atoms with van der Waals surface area (Å²) in [7, 11) is 0. The number of hydrogen-bond donors (Lipinski definition) is 1. The second kappa shape index (κ2) is 4.00. The Morgan fingerprint density at radius 3 is 2.88 bits per heavy atom. The maximum absolute atomic E-state index is 5.93. The number of anilines is 1. The molecule has 1 saturated heterocycles. The van der Waals surface area contributed by atoms with E-state index in [-0.39, 0.29) is 0 Å². The van der Waals surface area contributed by atoms with E-state index in [0.717, 1.165) is 30.8 Å². The quantitative estimate of drug-likeness (QED) is 0.811. The van der Waals surface area contributed by atoms with Crippen molar-refractivity contribution in [1.29, 1.82) is 0 Å². The first-order valence-corrected chi connectivity index (χ1v) is 6.10. The Labute approximate surface area is 101 Å². The van der Waals surface area contributed by atoms with E-state index in [1.165, 1.54) is 10.9 Å². The van der Waals surface area contributed by atoms with Crippen LogP contribution in [0.3, 0.4) is 0 Å². The third-order valence-corrected chi connectivity index (χ3v) is 3.38. The first-order valence-electron chi connectivity index (χ1n) is 6.10. The van der Waals surface area contributed by atoms with Crippen molar-refractivity contribution in [2.24, 2.45) is 5.73 Å². The number of pyridine rings is 1. The number of nitrogens with zero attached hydrogens (tertiary/aromatic N) is 2. The van der Waals surface area contributed by atoms with Crippen LogP contribution in [0.25, 0.3) is 10.9 Å². The molecule has 0 radical (unpaired) electrons. The number of nitrogens with two attached hydrogens (primary N) is 1. The van der Waals surface area contributed by atoms with Crippen LogP contribution in [0.5, 0.6) is 0 Å². The molecule has 0 spiro atoms. The minimum atomic E-state index is 0.296. The zero-order chi connectivity index (χ0) is 11.8. The standard InChI is InChI=1S/C14H17N3/c1-10-2-3-11-4-5-14(16-13(11)8-10)17-7-6-12(15)9-17/h2-5,8,12H,6-7,9,15H2,1H3. The molecule has 1 aliphatic rings. The normalized spacial score (nSPS) is 20.1. The maximum Gasteiger partial charge on any atom is 0.129 e. The van der Waals surface area contributed by atoms with E-state index in [1.807, 2.05) is 0 Å². The first kappa shape index (κ1) is 10.5. The summed E-state index contributed by atoms with van der Waals surface area (Å²) in [6.07, 6.45) is 1.06. The zero-order valence-corrected chi connectivity index (χ0v) is 10.1. The van der Waals surface area contributed by atoms with E-state index in [4.69, 9.17) is 10.7 Å². The molecule has 3 nitrogen and oxygen atoms in total. The summed E-state index contributed by atoms with van der Waals surface area (Å²) in [5.41, 5.74) is 8.25. The van der Waals surface area contributed by atoms with Gasteiger partial charge in [0.1, 0.15) is 5.82 Å². The largest absolute Gasteiger partial charge is 0.355 e. The van der Waals surface area contributed by atoms with E-state index >= 15 is 0 Å². The summed E-state index contributed by atoms with van der Waals surface area (Å²) < 4.78 is 0. The second-order valence-corrected chi connectivity index (χ2v) is 4.86. The Hall–Kier alpha value is -1.61. The minimum absolute atomic E-state index is 0.296. The lowest BCUT2D eigenvalue weighted by Crippen LogP contribution is -2.26. The molecule has 2 aromatic rings. The van der Waals surface area contributed by atoms with Gasteiger partial charge < -0.3 is 10.6 Å². The van der Waals surface area contributed by atoms with Gasteiger partial charge in [0, 0.05) is 24.5 Å². The highest BCUT2D eigenvalue weighted by molar-refractivity contribution is 5.81. The SMILES string of the molecule is Cc1ccc2ccc(N3CCC(N)C3)nc2c1. The van der Waals surface area contributed by atoms with Crippen LogP contribution in [0.2, 0.25) is 0 Å². The van der Waals surface area contributed by atoms with E-state index < -0.39 is 0 Å². The van der Waals surface area contributed by atoms with Crippen LogP contribution in [0.15, 0.2) is 30.3 Å². The van der Waals surface area contributed by atoms with Crippen molar-refractivity contribution in [3.8, 4) is 0 Å². The second-order valence-electron chi connectivity index (χ2n) is 4.86. The molecule has 0 bridgehead atoms. The van der Waals surface area contributed by atoms with Gasteiger partial charge >= 0.3 is 0 Å². The van der Waals surface area contributed by atoms with Crippen LogP contribution in [-0.2, 0) is 0 Å². The van der Waals surface area contributed by atoms with Gasteiger partial charge in [0.15, 0.2) is 0 Å². The minimum Gasteiger partial charge on any atom is -0.355 e. The molecule has 2 N–H and O–H groups in total. The van der Waals surface area contributed by atoms with Gasteiger partial charge in [0.05, 0.1) is 5.52 Å². The van der Waals surface area contributed by atoms with E-state index in [2.05, 4.69) is 42.2 Å². The summed E-state index contributed by atoms with van der Waals surface area (Å²) in [6, 6.07) is 10.9. The highest BCUT2D eigenvalue weighted by Gasteiger charge is 2.20. The predicted octanol–water partition coefficient (Wildman–Crippen LogP) is 2.08. The van der Waals surface area contributed by atoms with Gasteiger partial charge in [-0.15, -0.1) is 0 Å².